The molecular weight excluding hydrogens is 269 g/mol. The van der Waals surface area contributed by atoms with Gasteiger partial charge in [0.05, 0.1) is 7.11 Å². The van der Waals surface area contributed by atoms with Crippen molar-refractivity contribution >= 4 is 34.3 Å². The molecule has 0 aliphatic rings. The maximum atomic E-state index is 11.1. The van der Waals surface area contributed by atoms with Crippen LogP contribution in [0.2, 0.25) is 0 Å². The van der Waals surface area contributed by atoms with Crippen LogP contribution in [0.25, 0.3) is 0 Å². The number of benzene rings is 1. The molecule has 2 N–H and O–H groups in total. The predicted molar refractivity (Wildman–Crippen MR) is 60.3 cm³/mol. The topological polar surface area (TPSA) is 52.3 Å². The standard InChI is InChI=1S/C9H10BrNO2.ClH/c1-13-9(12)8(11)6-4-2-3-5-7(6)10;/h2-5,8H,11H2,1H3;1H/t8-;/m1./s1. The second kappa shape index (κ2) is 6.01. The monoisotopic (exact) mass is 279 g/mol. The Hall–Kier alpha value is -0.580. The zero-order chi connectivity index (χ0) is 9.84. The zero-order valence-corrected chi connectivity index (χ0v) is 9.97. The lowest BCUT2D eigenvalue weighted by molar-refractivity contribution is -0.142. The van der Waals surface area contributed by atoms with E-state index in [0.717, 1.165) is 10.0 Å². The van der Waals surface area contributed by atoms with Crippen molar-refractivity contribution in [1.82, 2.24) is 0 Å². The van der Waals surface area contributed by atoms with Gasteiger partial charge in [0, 0.05) is 4.47 Å². The minimum absolute atomic E-state index is 0. The van der Waals surface area contributed by atoms with Crippen LogP contribution in [0.4, 0.5) is 0 Å². The van der Waals surface area contributed by atoms with Crippen molar-refractivity contribution in [3.63, 3.8) is 0 Å². The first-order valence-corrected chi connectivity index (χ1v) is 4.54. The summed E-state index contributed by atoms with van der Waals surface area (Å²) in [5.74, 6) is -0.438. The summed E-state index contributed by atoms with van der Waals surface area (Å²) < 4.78 is 5.35. The SMILES string of the molecule is COC(=O)[C@H](N)c1ccccc1Br.Cl. The van der Waals surface area contributed by atoms with Crippen LogP contribution < -0.4 is 5.73 Å². The quantitative estimate of drug-likeness (QED) is 0.844. The Labute approximate surface area is 97.2 Å². The Bertz CT molecular complexity index is 319. The summed E-state index contributed by atoms with van der Waals surface area (Å²) in [6.45, 7) is 0. The molecule has 0 aromatic heterocycles. The van der Waals surface area contributed by atoms with Gasteiger partial charge in [0.1, 0.15) is 6.04 Å². The van der Waals surface area contributed by atoms with Gasteiger partial charge in [-0.1, -0.05) is 34.1 Å². The van der Waals surface area contributed by atoms with Gasteiger partial charge in [0.2, 0.25) is 0 Å². The van der Waals surface area contributed by atoms with E-state index in [1.54, 1.807) is 6.07 Å². The molecule has 0 spiro atoms. The number of hydrogen-bond acceptors (Lipinski definition) is 3. The summed E-state index contributed by atoms with van der Waals surface area (Å²) in [6, 6.07) is 6.57. The summed E-state index contributed by atoms with van der Waals surface area (Å²) in [6.07, 6.45) is 0. The lowest BCUT2D eigenvalue weighted by atomic mass is 10.1. The average Bonchev–Trinajstić information content (AvgIpc) is 2.16. The summed E-state index contributed by atoms with van der Waals surface area (Å²) in [4.78, 5) is 11.1. The molecule has 0 saturated carbocycles. The number of esters is 1. The first kappa shape index (κ1) is 13.4. The molecule has 0 fully saturated rings. The molecule has 0 bridgehead atoms. The van der Waals surface area contributed by atoms with E-state index < -0.39 is 12.0 Å². The molecular formula is C9H11BrClNO2. The summed E-state index contributed by atoms with van der Waals surface area (Å²) in [5.41, 5.74) is 6.38. The molecule has 0 saturated heterocycles. The zero-order valence-electron chi connectivity index (χ0n) is 7.57. The van der Waals surface area contributed by atoms with E-state index in [4.69, 9.17) is 5.73 Å². The molecule has 0 radical (unpaired) electrons. The van der Waals surface area contributed by atoms with Gasteiger partial charge in [-0.05, 0) is 11.6 Å². The van der Waals surface area contributed by atoms with Crippen molar-refractivity contribution in [2.24, 2.45) is 5.73 Å². The highest BCUT2D eigenvalue weighted by molar-refractivity contribution is 9.10. The number of halogens is 2. The van der Waals surface area contributed by atoms with Gasteiger partial charge in [-0.3, -0.25) is 4.79 Å². The second-order valence-electron chi connectivity index (χ2n) is 2.52. The fourth-order valence-corrected chi connectivity index (χ4v) is 1.51. The van der Waals surface area contributed by atoms with E-state index in [0.29, 0.717) is 0 Å². The first-order valence-electron chi connectivity index (χ1n) is 3.74. The number of carbonyl (C=O) groups is 1. The van der Waals surface area contributed by atoms with Crippen molar-refractivity contribution < 1.29 is 9.53 Å². The highest BCUT2D eigenvalue weighted by Gasteiger charge is 2.17. The largest absolute Gasteiger partial charge is 0.468 e. The summed E-state index contributed by atoms with van der Waals surface area (Å²) in [5, 5.41) is 0. The summed E-state index contributed by atoms with van der Waals surface area (Å²) >= 11 is 3.31. The van der Waals surface area contributed by atoms with E-state index in [2.05, 4.69) is 20.7 Å². The van der Waals surface area contributed by atoms with Crippen LogP contribution in [-0.4, -0.2) is 13.1 Å². The van der Waals surface area contributed by atoms with Crippen LogP contribution >= 0.6 is 28.3 Å². The predicted octanol–water partition coefficient (Wildman–Crippen LogP) is 2.04. The molecule has 14 heavy (non-hydrogen) atoms. The Morgan fingerprint density at radius 2 is 2.07 bits per heavy atom. The molecule has 1 aromatic rings. The van der Waals surface area contributed by atoms with Gasteiger partial charge >= 0.3 is 5.97 Å². The van der Waals surface area contributed by atoms with Crippen molar-refractivity contribution in [2.75, 3.05) is 7.11 Å². The number of methoxy groups -OCH3 is 1. The lowest BCUT2D eigenvalue weighted by Crippen LogP contribution is -2.22. The van der Waals surface area contributed by atoms with Crippen LogP contribution in [0.5, 0.6) is 0 Å². The van der Waals surface area contributed by atoms with Gasteiger partial charge in [0.25, 0.3) is 0 Å². The third-order valence-electron chi connectivity index (χ3n) is 1.70. The molecule has 1 aromatic carbocycles. The van der Waals surface area contributed by atoms with Crippen molar-refractivity contribution in [1.29, 1.82) is 0 Å². The number of rotatable bonds is 2. The fraction of sp³-hybridized carbons (Fsp3) is 0.222. The second-order valence-corrected chi connectivity index (χ2v) is 3.38. The van der Waals surface area contributed by atoms with E-state index in [9.17, 15) is 4.79 Å². The van der Waals surface area contributed by atoms with Gasteiger partial charge in [0.15, 0.2) is 0 Å². The normalized spacial score (nSPS) is 11.4. The van der Waals surface area contributed by atoms with Gasteiger partial charge in [-0.2, -0.15) is 0 Å². The van der Waals surface area contributed by atoms with Crippen LogP contribution in [0, 0.1) is 0 Å². The number of ether oxygens (including phenoxy) is 1. The third kappa shape index (κ3) is 2.97. The Morgan fingerprint density at radius 3 is 2.57 bits per heavy atom. The molecule has 78 valence electrons. The number of hydrogen-bond donors (Lipinski definition) is 1. The van der Waals surface area contributed by atoms with Gasteiger partial charge in [-0.15, -0.1) is 12.4 Å². The van der Waals surface area contributed by atoms with E-state index in [1.165, 1.54) is 7.11 Å². The molecule has 1 atom stereocenters. The molecule has 5 heteroatoms. The molecule has 1 rings (SSSR count). The highest BCUT2D eigenvalue weighted by atomic mass is 79.9. The van der Waals surface area contributed by atoms with Crippen LogP contribution in [0.15, 0.2) is 28.7 Å². The third-order valence-corrected chi connectivity index (χ3v) is 2.42. The molecule has 0 aliphatic heterocycles. The maximum absolute atomic E-state index is 11.1. The fourth-order valence-electron chi connectivity index (χ4n) is 0.981. The smallest absolute Gasteiger partial charge is 0.327 e. The van der Waals surface area contributed by atoms with Crippen molar-refractivity contribution in [3.8, 4) is 0 Å². The van der Waals surface area contributed by atoms with E-state index >= 15 is 0 Å². The number of nitrogens with two attached hydrogens (primary N) is 1. The van der Waals surface area contributed by atoms with Gasteiger partial charge < -0.3 is 10.5 Å². The molecule has 3 nitrogen and oxygen atoms in total. The maximum Gasteiger partial charge on any atom is 0.327 e. The number of carbonyl (C=O) groups excluding carboxylic acids is 1. The Kier molecular flexibility index (Phi) is 5.76. The molecule has 0 amide bonds. The van der Waals surface area contributed by atoms with Crippen LogP contribution in [-0.2, 0) is 9.53 Å². The minimum Gasteiger partial charge on any atom is -0.468 e. The van der Waals surface area contributed by atoms with Crippen LogP contribution in [0.1, 0.15) is 11.6 Å². The Morgan fingerprint density at radius 1 is 1.50 bits per heavy atom. The van der Waals surface area contributed by atoms with E-state index in [-0.39, 0.29) is 12.4 Å². The Balaban J connectivity index is 0.00000169. The summed E-state index contributed by atoms with van der Waals surface area (Å²) in [7, 11) is 1.32. The first-order chi connectivity index (χ1) is 6.16. The van der Waals surface area contributed by atoms with Crippen LogP contribution in [0.3, 0.4) is 0 Å². The molecule has 0 heterocycles. The molecule has 0 unspecified atom stereocenters. The van der Waals surface area contributed by atoms with E-state index in [1.807, 2.05) is 18.2 Å². The minimum atomic E-state index is -0.722. The highest BCUT2D eigenvalue weighted by Crippen LogP contribution is 2.21. The van der Waals surface area contributed by atoms with Gasteiger partial charge in [-0.25, -0.2) is 0 Å². The lowest BCUT2D eigenvalue weighted by Gasteiger charge is -2.10. The molecule has 0 aliphatic carbocycles. The van der Waals surface area contributed by atoms with Crippen molar-refractivity contribution in [2.45, 2.75) is 6.04 Å². The average molecular weight is 281 g/mol. The van der Waals surface area contributed by atoms with Crippen molar-refractivity contribution in [3.05, 3.63) is 34.3 Å².